The second kappa shape index (κ2) is 7.71. The van der Waals surface area contributed by atoms with E-state index in [2.05, 4.69) is 4.98 Å². The van der Waals surface area contributed by atoms with Crippen molar-refractivity contribution in [2.75, 3.05) is 13.7 Å². The van der Waals surface area contributed by atoms with Crippen LogP contribution in [0.4, 0.5) is 0 Å². The number of Topliss-reactive ketones (excluding diaryl/α,β-unsaturated/α-hetero) is 1. The first kappa shape index (κ1) is 18.8. The second-order valence-electron chi connectivity index (χ2n) is 5.93. The Morgan fingerprint density at radius 1 is 1.22 bits per heavy atom. The van der Waals surface area contributed by atoms with Crippen LogP contribution in [0.25, 0.3) is 10.2 Å². The molecule has 27 heavy (non-hydrogen) atoms. The Kier molecular flexibility index (Phi) is 5.36. The van der Waals surface area contributed by atoms with E-state index in [-0.39, 0.29) is 17.9 Å². The summed E-state index contributed by atoms with van der Waals surface area (Å²) in [5.74, 6) is -0.662. The molecule has 0 aliphatic heterocycles. The number of carbonyl (C=O) groups excluding carboxylic acids is 2. The highest BCUT2D eigenvalue weighted by molar-refractivity contribution is 7.18. The van der Waals surface area contributed by atoms with Crippen molar-refractivity contribution >= 4 is 33.3 Å². The van der Waals surface area contributed by atoms with Gasteiger partial charge in [0.1, 0.15) is 17.1 Å². The number of methoxy groups -OCH3 is 1. The number of thiophene rings is 1. The quantitative estimate of drug-likeness (QED) is 0.478. The molecule has 3 rings (SSSR count). The Bertz CT molecular complexity index is 1080. The van der Waals surface area contributed by atoms with E-state index < -0.39 is 12.6 Å². The van der Waals surface area contributed by atoms with Crippen LogP contribution >= 0.6 is 11.3 Å². The van der Waals surface area contributed by atoms with Crippen molar-refractivity contribution in [3.63, 3.8) is 0 Å². The predicted molar refractivity (Wildman–Crippen MR) is 102 cm³/mol. The number of rotatable bonds is 6. The molecule has 2 aromatic heterocycles. The van der Waals surface area contributed by atoms with Gasteiger partial charge in [-0.05, 0) is 31.5 Å². The first-order chi connectivity index (χ1) is 12.9. The van der Waals surface area contributed by atoms with Crippen molar-refractivity contribution in [1.82, 2.24) is 9.55 Å². The summed E-state index contributed by atoms with van der Waals surface area (Å²) in [5.41, 5.74) is 0.897. The summed E-state index contributed by atoms with van der Waals surface area (Å²) in [5, 5.41) is 0.512. The van der Waals surface area contributed by atoms with Gasteiger partial charge in [0, 0.05) is 4.88 Å². The fourth-order valence-electron chi connectivity index (χ4n) is 2.67. The maximum Gasteiger partial charge on any atom is 0.326 e. The van der Waals surface area contributed by atoms with Gasteiger partial charge in [0.15, 0.2) is 6.61 Å². The van der Waals surface area contributed by atoms with Gasteiger partial charge in [0.2, 0.25) is 5.78 Å². The Balaban J connectivity index is 1.70. The third-order valence-corrected chi connectivity index (χ3v) is 5.34. The number of ether oxygens (including phenoxy) is 2. The molecule has 0 spiro atoms. The molecule has 3 aromatic rings. The van der Waals surface area contributed by atoms with Gasteiger partial charge >= 0.3 is 5.97 Å². The first-order valence-corrected chi connectivity index (χ1v) is 9.01. The Morgan fingerprint density at radius 3 is 2.70 bits per heavy atom. The van der Waals surface area contributed by atoms with Gasteiger partial charge in [-0.15, -0.1) is 11.3 Å². The largest absolute Gasteiger partial charge is 0.496 e. The van der Waals surface area contributed by atoms with E-state index in [9.17, 15) is 14.4 Å². The number of hydrogen-bond acceptors (Lipinski definition) is 7. The monoisotopic (exact) mass is 386 g/mol. The summed E-state index contributed by atoms with van der Waals surface area (Å²) in [7, 11) is 1.46. The Morgan fingerprint density at radius 2 is 1.96 bits per heavy atom. The average molecular weight is 386 g/mol. The highest BCUT2D eigenvalue weighted by Gasteiger charge is 2.16. The number of benzene rings is 1. The molecular formula is C19H18N2O5S. The summed E-state index contributed by atoms with van der Waals surface area (Å²) in [6.07, 6.45) is 1.32. The molecule has 7 nitrogen and oxygen atoms in total. The number of fused-ring (bicyclic) bond motifs is 1. The van der Waals surface area contributed by atoms with Crippen molar-refractivity contribution in [3.05, 3.63) is 57.0 Å². The normalized spacial score (nSPS) is 10.8. The zero-order valence-corrected chi connectivity index (χ0v) is 16.0. The van der Waals surface area contributed by atoms with Gasteiger partial charge < -0.3 is 9.47 Å². The topological polar surface area (TPSA) is 87.5 Å². The predicted octanol–water partition coefficient (Wildman–Crippen LogP) is 2.51. The van der Waals surface area contributed by atoms with E-state index in [1.165, 1.54) is 29.3 Å². The highest BCUT2D eigenvalue weighted by Crippen LogP contribution is 2.25. The van der Waals surface area contributed by atoms with Crippen LogP contribution in [-0.2, 0) is 16.1 Å². The van der Waals surface area contributed by atoms with Gasteiger partial charge in [0.05, 0.1) is 24.4 Å². The third kappa shape index (κ3) is 3.75. The molecule has 0 atom stereocenters. The summed E-state index contributed by atoms with van der Waals surface area (Å²) < 4.78 is 11.4. The van der Waals surface area contributed by atoms with Crippen LogP contribution in [0.1, 0.15) is 20.8 Å². The standard InChI is InChI=1S/C19H18N2O5S/c1-11-12(2)27-18-17(11)19(24)21(10-20-18)8-16(23)26-9-14(22)13-6-4-5-7-15(13)25-3/h4-7,10H,8-9H2,1-3H3. The zero-order valence-electron chi connectivity index (χ0n) is 15.1. The van der Waals surface area contributed by atoms with Crippen molar-refractivity contribution in [2.45, 2.75) is 20.4 Å². The lowest BCUT2D eigenvalue weighted by atomic mass is 10.1. The van der Waals surface area contributed by atoms with Gasteiger partial charge in [-0.2, -0.15) is 0 Å². The number of aryl methyl sites for hydroxylation is 2. The fourth-order valence-corrected chi connectivity index (χ4v) is 3.65. The van der Waals surface area contributed by atoms with Gasteiger partial charge in [-0.25, -0.2) is 4.98 Å². The molecule has 140 valence electrons. The molecule has 0 aliphatic carbocycles. The van der Waals surface area contributed by atoms with Crippen LogP contribution in [0.2, 0.25) is 0 Å². The number of hydrogen-bond donors (Lipinski definition) is 0. The second-order valence-corrected chi connectivity index (χ2v) is 7.13. The lowest BCUT2D eigenvalue weighted by molar-refractivity contribution is -0.143. The number of esters is 1. The van der Waals surface area contributed by atoms with Crippen LogP contribution in [0.5, 0.6) is 5.75 Å². The van der Waals surface area contributed by atoms with Crippen LogP contribution in [-0.4, -0.2) is 35.0 Å². The lowest BCUT2D eigenvalue weighted by Gasteiger charge is -2.09. The molecule has 1 aromatic carbocycles. The van der Waals surface area contributed by atoms with E-state index in [0.29, 0.717) is 21.5 Å². The third-order valence-electron chi connectivity index (χ3n) is 4.23. The van der Waals surface area contributed by atoms with Crippen molar-refractivity contribution < 1.29 is 19.1 Å². The van der Waals surface area contributed by atoms with Crippen LogP contribution < -0.4 is 10.3 Å². The molecule has 8 heteroatoms. The molecular weight excluding hydrogens is 368 g/mol. The molecule has 2 heterocycles. The molecule has 0 saturated heterocycles. The molecule has 0 amide bonds. The van der Waals surface area contributed by atoms with Crippen molar-refractivity contribution in [3.8, 4) is 5.75 Å². The molecule has 0 fully saturated rings. The van der Waals surface area contributed by atoms with Crippen molar-refractivity contribution in [2.24, 2.45) is 0 Å². The molecule has 0 saturated carbocycles. The fraction of sp³-hybridized carbons (Fsp3) is 0.263. The van der Waals surface area contributed by atoms with Crippen LogP contribution in [0.3, 0.4) is 0 Å². The van der Waals surface area contributed by atoms with Crippen LogP contribution in [0, 0.1) is 13.8 Å². The van der Waals surface area contributed by atoms with E-state index in [1.54, 1.807) is 24.3 Å². The number of nitrogens with zero attached hydrogens (tertiary/aromatic N) is 2. The van der Waals surface area contributed by atoms with E-state index in [1.807, 2.05) is 13.8 Å². The maximum absolute atomic E-state index is 12.6. The highest BCUT2D eigenvalue weighted by atomic mass is 32.1. The SMILES string of the molecule is COc1ccccc1C(=O)COC(=O)Cn1cnc2sc(C)c(C)c2c1=O. The first-order valence-electron chi connectivity index (χ1n) is 8.19. The lowest BCUT2D eigenvalue weighted by Crippen LogP contribution is -2.26. The number of para-hydroxylation sites is 1. The summed E-state index contributed by atoms with van der Waals surface area (Å²) in [4.78, 5) is 42.8. The van der Waals surface area contributed by atoms with Crippen molar-refractivity contribution in [1.29, 1.82) is 0 Å². The van der Waals surface area contributed by atoms with Crippen LogP contribution in [0.15, 0.2) is 35.4 Å². The summed E-state index contributed by atoms with van der Waals surface area (Å²) in [6, 6.07) is 6.69. The Labute approximate surface area is 159 Å². The molecule has 0 aliphatic rings. The van der Waals surface area contributed by atoms with Gasteiger partial charge in [0.25, 0.3) is 5.56 Å². The van der Waals surface area contributed by atoms with Gasteiger partial charge in [-0.1, -0.05) is 12.1 Å². The van der Waals surface area contributed by atoms with E-state index in [0.717, 1.165) is 10.4 Å². The number of aromatic nitrogens is 2. The van der Waals surface area contributed by atoms with E-state index >= 15 is 0 Å². The molecule has 0 N–H and O–H groups in total. The minimum absolute atomic E-state index is 0.296. The molecule has 0 radical (unpaired) electrons. The smallest absolute Gasteiger partial charge is 0.326 e. The van der Waals surface area contributed by atoms with Gasteiger partial charge in [-0.3, -0.25) is 19.0 Å². The number of ketones is 1. The van der Waals surface area contributed by atoms with E-state index in [4.69, 9.17) is 9.47 Å². The summed E-state index contributed by atoms with van der Waals surface area (Å²) in [6.45, 7) is 3.03. The Hall–Kier alpha value is -3.00. The average Bonchev–Trinajstić information content (AvgIpc) is 2.96. The molecule has 0 bridgehead atoms. The minimum atomic E-state index is -0.689. The molecule has 0 unspecified atom stereocenters. The summed E-state index contributed by atoms with van der Waals surface area (Å²) >= 11 is 1.44. The maximum atomic E-state index is 12.6. The zero-order chi connectivity index (χ0) is 19.6. The number of carbonyl (C=O) groups is 2. The minimum Gasteiger partial charge on any atom is -0.496 e.